The maximum Gasteiger partial charge on any atom is 0.306 e. The molecular weight excluding hydrogens is 973 g/mol. The maximum atomic E-state index is 12.9. The molecule has 0 saturated carbocycles. The van der Waals surface area contributed by atoms with Crippen LogP contribution in [-0.2, 0) is 28.6 Å². The molecule has 0 bridgehead atoms. The van der Waals surface area contributed by atoms with E-state index < -0.39 is 6.10 Å². The van der Waals surface area contributed by atoms with Gasteiger partial charge in [-0.25, -0.2) is 0 Å². The summed E-state index contributed by atoms with van der Waals surface area (Å²) in [6.45, 7) is 6.54. The molecule has 0 N–H and O–H groups in total. The normalized spacial score (nSPS) is 12.7. The third-order valence-electron chi connectivity index (χ3n) is 14.6. The highest BCUT2D eigenvalue weighted by Crippen LogP contribution is 2.17. The molecule has 6 heteroatoms. The molecule has 0 saturated heterocycles. The van der Waals surface area contributed by atoms with E-state index in [4.69, 9.17) is 14.2 Å². The monoisotopic (exact) mass is 1100 g/mol. The number of carbonyl (C=O) groups is 3. The number of hydrogen-bond acceptors (Lipinski definition) is 6. The van der Waals surface area contributed by atoms with Crippen LogP contribution >= 0.6 is 0 Å². The smallest absolute Gasteiger partial charge is 0.306 e. The Morgan fingerprint density at radius 2 is 0.494 bits per heavy atom. The van der Waals surface area contributed by atoms with Crippen LogP contribution in [0.5, 0.6) is 0 Å². The van der Waals surface area contributed by atoms with Gasteiger partial charge in [0.1, 0.15) is 13.2 Å². The van der Waals surface area contributed by atoms with E-state index in [0.717, 1.165) is 116 Å². The third-order valence-corrected chi connectivity index (χ3v) is 14.6. The molecule has 1 unspecified atom stereocenters. The average Bonchev–Trinajstić information content (AvgIpc) is 3.45. The lowest BCUT2D eigenvalue weighted by molar-refractivity contribution is -0.167. The molecule has 0 radical (unpaired) electrons. The van der Waals surface area contributed by atoms with Gasteiger partial charge in [-0.1, -0.05) is 304 Å². The van der Waals surface area contributed by atoms with E-state index in [0.29, 0.717) is 19.3 Å². The van der Waals surface area contributed by atoms with Crippen LogP contribution in [0.25, 0.3) is 0 Å². The standard InChI is InChI=1S/C73H126O6/c1-4-7-10-13-16-19-22-25-28-30-32-33-34-35-36-37-38-39-40-41-42-44-45-48-51-54-57-60-63-66-72(75)78-69-70(68-77-71(74)65-62-59-56-53-50-47-27-24-21-18-15-12-9-6-3)79-73(76)67-64-61-58-55-52-49-46-43-31-29-26-23-20-17-14-11-8-5-2/h7,10,16,19,24-25,27-28,32-33,35-36,38-39,41-42,70H,4-6,8-9,11-15,17-18,20-23,26,29-31,34,37,40,43-69H2,1-3H3/b10-7-,19-16-,27-24-,28-25-,33-32-,36-35-,39-38-,42-41-. The minimum absolute atomic E-state index is 0.0822. The first-order valence-corrected chi connectivity index (χ1v) is 33.7. The number of esters is 3. The lowest BCUT2D eigenvalue weighted by Crippen LogP contribution is -2.30. The van der Waals surface area contributed by atoms with Gasteiger partial charge in [0.05, 0.1) is 0 Å². The van der Waals surface area contributed by atoms with Crippen molar-refractivity contribution in [1.29, 1.82) is 0 Å². The van der Waals surface area contributed by atoms with Gasteiger partial charge in [0.15, 0.2) is 6.10 Å². The number of ether oxygens (including phenoxy) is 3. The van der Waals surface area contributed by atoms with Crippen molar-refractivity contribution in [2.45, 2.75) is 335 Å². The van der Waals surface area contributed by atoms with Crippen LogP contribution in [0.2, 0.25) is 0 Å². The van der Waals surface area contributed by atoms with Crippen molar-refractivity contribution in [3.63, 3.8) is 0 Å². The maximum absolute atomic E-state index is 12.9. The Labute approximate surface area is 489 Å². The first-order chi connectivity index (χ1) is 39.0. The highest BCUT2D eigenvalue weighted by molar-refractivity contribution is 5.71. The molecule has 0 amide bonds. The summed E-state index contributed by atoms with van der Waals surface area (Å²) in [7, 11) is 0. The first-order valence-electron chi connectivity index (χ1n) is 33.7. The van der Waals surface area contributed by atoms with Crippen molar-refractivity contribution in [2.75, 3.05) is 13.2 Å². The largest absolute Gasteiger partial charge is 0.462 e. The molecule has 1 atom stereocenters. The fourth-order valence-electron chi connectivity index (χ4n) is 9.54. The molecule has 0 aromatic rings. The first kappa shape index (κ1) is 75.3. The van der Waals surface area contributed by atoms with Crippen molar-refractivity contribution in [1.82, 2.24) is 0 Å². The van der Waals surface area contributed by atoms with Gasteiger partial charge in [0, 0.05) is 19.3 Å². The van der Waals surface area contributed by atoms with E-state index in [1.54, 1.807) is 0 Å². The summed E-state index contributed by atoms with van der Waals surface area (Å²) in [6, 6.07) is 0. The van der Waals surface area contributed by atoms with Crippen molar-refractivity contribution < 1.29 is 28.6 Å². The van der Waals surface area contributed by atoms with Crippen molar-refractivity contribution in [3.8, 4) is 0 Å². The highest BCUT2D eigenvalue weighted by atomic mass is 16.6. The Balaban J connectivity index is 4.33. The van der Waals surface area contributed by atoms with Crippen LogP contribution in [0.15, 0.2) is 97.2 Å². The molecule has 0 spiro atoms. The molecule has 0 aromatic carbocycles. The molecule has 0 aliphatic rings. The number of unbranched alkanes of at least 4 members (excludes halogenated alkanes) is 34. The molecule has 0 aliphatic heterocycles. The molecule has 0 aliphatic carbocycles. The zero-order valence-corrected chi connectivity index (χ0v) is 52.1. The Bertz CT molecular complexity index is 1540. The van der Waals surface area contributed by atoms with Crippen LogP contribution in [-0.4, -0.2) is 37.2 Å². The van der Waals surface area contributed by atoms with Gasteiger partial charge in [-0.05, 0) is 103 Å². The van der Waals surface area contributed by atoms with E-state index in [2.05, 4.69) is 118 Å². The van der Waals surface area contributed by atoms with Crippen LogP contribution in [0.1, 0.15) is 329 Å². The minimum atomic E-state index is -0.785. The highest BCUT2D eigenvalue weighted by Gasteiger charge is 2.19. The second-order valence-corrected chi connectivity index (χ2v) is 22.4. The Kier molecular flexibility index (Phi) is 63.7. The number of rotatable bonds is 61. The molecule has 0 heterocycles. The van der Waals surface area contributed by atoms with Crippen LogP contribution < -0.4 is 0 Å². The van der Waals surface area contributed by atoms with E-state index in [9.17, 15) is 14.4 Å². The topological polar surface area (TPSA) is 78.9 Å². The lowest BCUT2D eigenvalue weighted by atomic mass is 10.0. The van der Waals surface area contributed by atoms with Crippen LogP contribution in [0, 0.1) is 0 Å². The Morgan fingerprint density at radius 3 is 0.785 bits per heavy atom. The van der Waals surface area contributed by atoms with Gasteiger partial charge in [-0.2, -0.15) is 0 Å². The van der Waals surface area contributed by atoms with Crippen molar-refractivity contribution >= 4 is 17.9 Å². The summed E-state index contributed by atoms with van der Waals surface area (Å²) in [4.78, 5) is 38.4. The minimum Gasteiger partial charge on any atom is -0.462 e. The average molecular weight is 1100 g/mol. The summed E-state index contributed by atoms with van der Waals surface area (Å²) < 4.78 is 16.9. The van der Waals surface area contributed by atoms with Gasteiger partial charge < -0.3 is 14.2 Å². The predicted octanol–water partition coefficient (Wildman–Crippen LogP) is 23.2. The molecule has 79 heavy (non-hydrogen) atoms. The van der Waals surface area contributed by atoms with Crippen molar-refractivity contribution in [2.24, 2.45) is 0 Å². The molecule has 0 aromatic heterocycles. The number of carbonyl (C=O) groups excluding carboxylic acids is 3. The summed E-state index contributed by atoms with van der Waals surface area (Å²) in [5.41, 5.74) is 0. The summed E-state index contributed by atoms with van der Waals surface area (Å²) in [5.74, 6) is -0.886. The fourth-order valence-corrected chi connectivity index (χ4v) is 9.54. The van der Waals surface area contributed by atoms with Gasteiger partial charge in [0.2, 0.25) is 0 Å². The van der Waals surface area contributed by atoms with Crippen LogP contribution in [0.3, 0.4) is 0 Å². The second kappa shape index (κ2) is 66.8. The Morgan fingerprint density at radius 1 is 0.266 bits per heavy atom. The van der Waals surface area contributed by atoms with Gasteiger partial charge in [-0.15, -0.1) is 0 Å². The number of allylic oxidation sites excluding steroid dienone is 16. The van der Waals surface area contributed by atoms with E-state index in [-0.39, 0.29) is 31.1 Å². The zero-order chi connectivity index (χ0) is 57.1. The molecular formula is C73H126O6. The Hall–Kier alpha value is -3.67. The van der Waals surface area contributed by atoms with Gasteiger partial charge in [0.25, 0.3) is 0 Å². The summed E-state index contributed by atoms with van der Waals surface area (Å²) >= 11 is 0. The zero-order valence-electron chi connectivity index (χ0n) is 52.1. The quantitative estimate of drug-likeness (QED) is 0.0261. The SMILES string of the molecule is CC/C=C\C/C=C\C/C=C\C/C=C\C/C=C\C/C=C\C/C=C\CCCCCCCCCC(=O)OCC(COC(=O)CCCCCCC/C=C\CCCCCCC)OC(=O)CCCCCCCCCCCCCCCCCCCC. The van der Waals surface area contributed by atoms with Crippen LogP contribution in [0.4, 0.5) is 0 Å². The van der Waals surface area contributed by atoms with Gasteiger partial charge in [-0.3, -0.25) is 14.4 Å². The van der Waals surface area contributed by atoms with E-state index in [1.165, 1.54) is 173 Å². The summed E-state index contributed by atoms with van der Waals surface area (Å²) in [6.07, 6.45) is 89.9. The van der Waals surface area contributed by atoms with Gasteiger partial charge >= 0.3 is 17.9 Å². The third kappa shape index (κ3) is 65.0. The number of hydrogen-bond donors (Lipinski definition) is 0. The van der Waals surface area contributed by atoms with E-state index in [1.807, 2.05) is 0 Å². The second-order valence-electron chi connectivity index (χ2n) is 22.4. The molecule has 6 nitrogen and oxygen atoms in total. The molecule has 0 rings (SSSR count). The van der Waals surface area contributed by atoms with E-state index >= 15 is 0 Å². The fraction of sp³-hybridized carbons (Fsp3) is 0.740. The predicted molar refractivity (Wildman–Crippen MR) is 344 cm³/mol. The lowest BCUT2D eigenvalue weighted by Gasteiger charge is -2.18. The molecule has 454 valence electrons. The summed E-state index contributed by atoms with van der Waals surface area (Å²) in [5, 5.41) is 0. The molecule has 0 fully saturated rings. The van der Waals surface area contributed by atoms with Crippen molar-refractivity contribution in [3.05, 3.63) is 97.2 Å².